The summed E-state index contributed by atoms with van der Waals surface area (Å²) in [7, 11) is 0. The summed E-state index contributed by atoms with van der Waals surface area (Å²) in [6.45, 7) is 4.09. The fraction of sp³-hybridized carbons (Fsp3) is 0.308. The molecule has 0 saturated heterocycles. The normalized spacial score (nSPS) is 11.2. The van der Waals surface area contributed by atoms with Crippen molar-refractivity contribution in [2.24, 2.45) is 0 Å². The number of carbonyl (C=O) groups is 1. The Labute approximate surface area is 90.6 Å². The third kappa shape index (κ3) is 3.58. The van der Waals surface area contributed by atoms with Gasteiger partial charge in [0, 0.05) is 6.42 Å². The third-order valence-corrected chi connectivity index (χ3v) is 2.17. The quantitative estimate of drug-likeness (QED) is 0.704. The van der Waals surface area contributed by atoms with Gasteiger partial charge in [0.15, 0.2) is 0 Å². The summed E-state index contributed by atoms with van der Waals surface area (Å²) >= 11 is 0. The first-order valence-corrected chi connectivity index (χ1v) is 5.14. The van der Waals surface area contributed by atoms with Crippen molar-refractivity contribution in [3.8, 4) is 0 Å². The van der Waals surface area contributed by atoms with Gasteiger partial charge in [0.1, 0.15) is 6.61 Å². The second-order valence-electron chi connectivity index (χ2n) is 3.19. The summed E-state index contributed by atoms with van der Waals surface area (Å²) in [5, 5.41) is 0. The monoisotopic (exact) mass is 204 g/mol. The van der Waals surface area contributed by atoms with Crippen LogP contribution in [0.4, 0.5) is 0 Å². The average Bonchev–Trinajstić information content (AvgIpc) is 2.31. The van der Waals surface area contributed by atoms with E-state index in [1.165, 1.54) is 0 Å². The summed E-state index contributed by atoms with van der Waals surface area (Å²) in [5.74, 6) is -0.162. The van der Waals surface area contributed by atoms with Crippen molar-refractivity contribution in [1.82, 2.24) is 0 Å². The highest BCUT2D eigenvalue weighted by molar-refractivity contribution is 5.72. The molecule has 0 aliphatic rings. The van der Waals surface area contributed by atoms with Crippen molar-refractivity contribution in [2.45, 2.75) is 20.3 Å². The summed E-state index contributed by atoms with van der Waals surface area (Å²) in [5.41, 5.74) is 2.14. The maximum atomic E-state index is 11.0. The maximum Gasteiger partial charge on any atom is 0.305 e. The minimum Gasteiger partial charge on any atom is -0.461 e. The van der Waals surface area contributed by atoms with E-state index < -0.39 is 0 Å². The lowest BCUT2D eigenvalue weighted by molar-refractivity contribution is -0.141. The smallest absolute Gasteiger partial charge is 0.305 e. The number of ether oxygens (including phenoxy) is 1. The molecule has 1 aromatic carbocycles. The summed E-state index contributed by atoms with van der Waals surface area (Å²) in [6, 6.07) is 9.93. The first-order valence-electron chi connectivity index (χ1n) is 5.14. The van der Waals surface area contributed by atoms with Crippen molar-refractivity contribution in [2.75, 3.05) is 6.61 Å². The van der Waals surface area contributed by atoms with Gasteiger partial charge < -0.3 is 4.74 Å². The van der Waals surface area contributed by atoms with Gasteiger partial charge in [0.2, 0.25) is 0 Å². The average molecular weight is 204 g/mol. The van der Waals surface area contributed by atoms with Gasteiger partial charge in [-0.1, -0.05) is 43.3 Å². The van der Waals surface area contributed by atoms with Crippen LogP contribution in [0.25, 0.3) is 5.57 Å². The third-order valence-electron chi connectivity index (χ3n) is 2.17. The number of carbonyl (C=O) groups excluding carboxylic acids is 1. The Morgan fingerprint density at radius 3 is 2.53 bits per heavy atom. The van der Waals surface area contributed by atoms with Gasteiger partial charge >= 0.3 is 5.97 Å². The van der Waals surface area contributed by atoms with Crippen LogP contribution in [0.1, 0.15) is 25.8 Å². The lowest BCUT2D eigenvalue weighted by Crippen LogP contribution is -2.05. The Morgan fingerprint density at radius 1 is 1.33 bits per heavy atom. The molecule has 0 spiro atoms. The van der Waals surface area contributed by atoms with Crippen molar-refractivity contribution in [3.05, 3.63) is 42.0 Å². The highest BCUT2D eigenvalue weighted by Crippen LogP contribution is 2.14. The molecule has 0 amide bonds. The topological polar surface area (TPSA) is 26.3 Å². The molecule has 0 saturated carbocycles. The molecule has 0 unspecified atom stereocenters. The number of allylic oxidation sites excluding steroid dienone is 1. The van der Waals surface area contributed by atoms with Crippen molar-refractivity contribution < 1.29 is 9.53 Å². The summed E-state index contributed by atoms with van der Waals surface area (Å²) in [4.78, 5) is 11.0. The molecule has 0 N–H and O–H groups in total. The highest BCUT2D eigenvalue weighted by atomic mass is 16.5. The molecule has 1 aromatic rings. The maximum absolute atomic E-state index is 11.0. The zero-order valence-corrected chi connectivity index (χ0v) is 9.19. The van der Waals surface area contributed by atoms with Gasteiger partial charge in [-0.15, -0.1) is 0 Å². The molecule has 0 aliphatic heterocycles. The van der Waals surface area contributed by atoms with Gasteiger partial charge in [0.25, 0.3) is 0 Å². The Bertz CT molecular complexity index is 339. The van der Waals surface area contributed by atoms with E-state index in [-0.39, 0.29) is 5.97 Å². The van der Waals surface area contributed by atoms with E-state index in [1.54, 1.807) is 6.92 Å². The SMILES string of the molecule is C/C=C(/COC(=O)CC)c1ccccc1. The molecule has 0 atom stereocenters. The van der Waals surface area contributed by atoms with Crippen LogP contribution in [-0.2, 0) is 9.53 Å². The predicted molar refractivity (Wildman–Crippen MR) is 61.3 cm³/mol. The molecular formula is C13H16O2. The van der Waals surface area contributed by atoms with Gasteiger partial charge in [0.05, 0.1) is 0 Å². The molecule has 0 aromatic heterocycles. The van der Waals surface area contributed by atoms with Crippen LogP contribution in [0.3, 0.4) is 0 Å². The van der Waals surface area contributed by atoms with Gasteiger partial charge in [-0.25, -0.2) is 0 Å². The highest BCUT2D eigenvalue weighted by Gasteiger charge is 2.03. The molecule has 15 heavy (non-hydrogen) atoms. The molecule has 2 nitrogen and oxygen atoms in total. The minimum atomic E-state index is -0.162. The molecule has 2 heteroatoms. The second kappa shape index (κ2) is 6.02. The van der Waals surface area contributed by atoms with Crippen molar-refractivity contribution in [3.63, 3.8) is 0 Å². The molecule has 80 valence electrons. The van der Waals surface area contributed by atoms with Gasteiger partial charge in [-0.3, -0.25) is 4.79 Å². The fourth-order valence-electron chi connectivity index (χ4n) is 1.25. The van der Waals surface area contributed by atoms with E-state index in [2.05, 4.69) is 0 Å². The number of esters is 1. The Kier molecular flexibility index (Phi) is 4.61. The van der Waals surface area contributed by atoms with Crippen molar-refractivity contribution >= 4 is 11.5 Å². The Hall–Kier alpha value is -1.57. The fourth-order valence-corrected chi connectivity index (χ4v) is 1.25. The molecule has 0 aliphatic carbocycles. The number of hydrogen-bond acceptors (Lipinski definition) is 2. The van der Waals surface area contributed by atoms with Crippen LogP contribution >= 0.6 is 0 Å². The predicted octanol–water partition coefficient (Wildman–Crippen LogP) is 3.04. The number of hydrogen-bond donors (Lipinski definition) is 0. The van der Waals surface area contributed by atoms with Gasteiger partial charge in [-0.05, 0) is 18.1 Å². The zero-order chi connectivity index (χ0) is 11.1. The van der Waals surface area contributed by atoms with Crippen LogP contribution in [0, 0.1) is 0 Å². The van der Waals surface area contributed by atoms with Crippen LogP contribution < -0.4 is 0 Å². The Balaban J connectivity index is 2.63. The molecule has 0 fully saturated rings. The molecule has 0 heterocycles. The lowest BCUT2D eigenvalue weighted by atomic mass is 10.1. The minimum absolute atomic E-state index is 0.162. The lowest BCUT2D eigenvalue weighted by Gasteiger charge is -2.07. The zero-order valence-electron chi connectivity index (χ0n) is 9.19. The molecule has 0 bridgehead atoms. The van der Waals surface area contributed by atoms with Crippen LogP contribution in [-0.4, -0.2) is 12.6 Å². The van der Waals surface area contributed by atoms with Crippen LogP contribution in [0.5, 0.6) is 0 Å². The number of benzene rings is 1. The largest absolute Gasteiger partial charge is 0.461 e. The first-order chi connectivity index (χ1) is 7.27. The van der Waals surface area contributed by atoms with E-state index in [0.717, 1.165) is 11.1 Å². The second-order valence-corrected chi connectivity index (χ2v) is 3.19. The summed E-state index contributed by atoms with van der Waals surface area (Å²) < 4.78 is 5.09. The summed E-state index contributed by atoms with van der Waals surface area (Å²) in [6.07, 6.45) is 2.39. The van der Waals surface area contributed by atoms with E-state index in [0.29, 0.717) is 13.0 Å². The molecule has 1 rings (SSSR count). The Morgan fingerprint density at radius 2 is 2.00 bits per heavy atom. The van der Waals surface area contributed by atoms with E-state index >= 15 is 0 Å². The van der Waals surface area contributed by atoms with Crippen molar-refractivity contribution in [1.29, 1.82) is 0 Å². The van der Waals surface area contributed by atoms with Gasteiger partial charge in [-0.2, -0.15) is 0 Å². The first kappa shape index (κ1) is 11.5. The number of rotatable bonds is 4. The van der Waals surface area contributed by atoms with Crippen LogP contribution in [0.2, 0.25) is 0 Å². The molecular weight excluding hydrogens is 188 g/mol. The standard InChI is InChI=1S/C13H16O2/c1-3-11(10-15-13(14)4-2)12-8-6-5-7-9-12/h3,5-9H,4,10H2,1-2H3/b11-3-. The van der Waals surface area contributed by atoms with Crippen LogP contribution in [0.15, 0.2) is 36.4 Å². The van der Waals surface area contributed by atoms with E-state index in [9.17, 15) is 4.79 Å². The van der Waals surface area contributed by atoms with E-state index in [4.69, 9.17) is 4.74 Å². The molecule has 0 radical (unpaired) electrons. The van der Waals surface area contributed by atoms with E-state index in [1.807, 2.05) is 43.3 Å².